The van der Waals surface area contributed by atoms with Crippen LogP contribution >= 0.6 is 0 Å². The molecule has 2 fully saturated rings. The summed E-state index contributed by atoms with van der Waals surface area (Å²) in [6.07, 6.45) is 6.13. The third-order valence-corrected chi connectivity index (χ3v) is 5.02. The lowest BCUT2D eigenvalue weighted by Crippen LogP contribution is -2.47. The topological polar surface area (TPSA) is 55.8 Å². The molecule has 0 unspecified atom stereocenters. The molecule has 0 aromatic rings. The van der Waals surface area contributed by atoms with Crippen LogP contribution < -0.4 is 5.32 Å². The molecule has 2 heterocycles. The highest BCUT2D eigenvalue weighted by Crippen LogP contribution is 2.21. The van der Waals surface area contributed by atoms with Gasteiger partial charge < -0.3 is 20.2 Å². The van der Waals surface area contributed by atoms with Crippen molar-refractivity contribution in [1.29, 1.82) is 0 Å². The maximum atomic E-state index is 12.5. The van der Waals surface area contributed by atoms with Crippen LogP contribution in [-0.4, -0.2) is 73.2 Å². The molecule has 2 aliphatic heterocycles. The SMILES string of the molecule is CN1CCC(N(CCO)C(=O)CCC2CCNCC2)CC1. The van der Waals surface area contributed by atoms with Gasteiger partial charge >= 0.3 is 0 Å². The molecular formula is C16H31N3O2. The standard InChI is InChI=1S/C16H31N3O2/c1-18-10-6-15(7-11-18)19(12-13-20)16(21)3-2-14-4-8-17-9-5-14/h14-15,17,20H,2-13H2,1H3. The van der Waals surface area contributed by atoms with Gasteiger partial charge in [-0.3, -0.25) is 4.79 Å². The average molecular weight is 297 g/mol. The minimum absolute atomic E-state index is 0.0748. The summed E-state index contributed by atoms with van der Waals surface area (Å²) in [7, 11) is 2.13. The van der Waals surface area contributed by atoms with Crippen LogP contribution in [0.15, 0.2) is 0 Å². The molecule has 0 aromatic heterocycles. The summed E-state index contributed by atoms with van der Waals surface area (Å²) in [6, 6.07) is 0.328. The summed E-state index contributed by atoms with van der Waals surface area (Å²) >= 11 is 0. The van der Waals surface area contributed by atoms with Crippen LogP contribution in [0.1, 0.15) is 38.5 Å². The second-order valence-electron chi connectivity index (χ2n) is 6.58. The van der Waals surface area contributed by atoms with Crippen molar-refractivity contribution < 1.29 is 9.90 Å². The van der Waals surface area contributed by atoms with Crippen molar-refractivity contribution in [2.24, 2.45) is 5.92 Å². The van der Waals surface area contributed by atoms with Crippen LogP contribution in [-0.2, 0) is 4.79 Å². The Balaban J connectivity index is 1.80. The molecule has 0 atom stereocenters. The van der Waals surface area contributed by atoms with Gasteiger partial charge in [-0.15, -0.1) is 0 Å². The molecule has 122 valence electrons. The van der Waals surface area contributed by atoms with Crippen LogP contribution in [0.2, 0.25) is 0 Å². The Kier molecular flexibility index (Phi) is 6.93. The summed E-state index contributed by atoms with van der Waals surface area (Å²) < 4.78 is 0. The lowest BCUT2D eigenvalue weighted by Gasteiger charge is -2.37. The van der Waals surface area contributed by atoms with Gasteiger partial charge in [0.15, 0.2) is 0 Å². The van der Waals surface area contributed by atoms with E-state index in [-0.39, 0.29) is 12.5 Å². The van der Waals surface area contributed by atoms with Crippen LogP contribution in [0.3, 0.4) is 0 Å². The van der Waals surface area contributed by atoms with E-state index in [2.05, 4.69) is 17.3 Å². The van der Waals surface area contributed by atoms with E-state index in [9.17, 15) is 9.90 Å². The molecule has 0 aromatic carbocycles. The maximum absolute atomic E-state index is 12.5. The Labute approximate surface area is 128 Å². The summed E-state index contributed by atoms with van der Waals surface area (Å²) in [5.41, 5.74) is 0. The highest BCUT2D eigenvalue weighted by Gasteiger charge is 2.26. The lowest BCUT2D eigenvalue weighted by molar-refractivity contribution is -0.135. The predicted molar refractivity (Wildman–Crippen MR) is 84.1 cm³/mol. The number of aliphatic hydroxyl groups excluding tert-OH is 1. The Morgan fingerprint density at radius 2 is 1.90 bits per heavy atom. The molecular weight excluding hydrogens is 266 g/mol. The van der Waals surface area contributed by atoms with Gasteiger partial charge in [-0.25, -0.2) is 0 Å². The van der Waals surface area contributed by atoms with E-state index in [4.69, 9.17) is 0 Å². The normalized spacial score (nSPS) is 22.4. The van der Waals surface area contributed by atoms with Gasteiger partial charge in [0.05, 0.1) is 6.61 Å². The largest absolute Gasteiger partial charge is 0.395 e. The van der Waals surface area contributed by atoms with E-state index >= 15 is 0 Å². The smallest absolute Gasteiger partial charge is 0.222 e. The molecule has 2 saturated heterocycles. The number of carbonyl (C=O) groups excluding carboxylic acids is 1. The van der Waals surface area contributed by atoms with E-state index in [1.54, 1.807) is 0 Å². The quantitative estimate of drug-likeness (QED) is 0.757. The number of nitrogens with zero attached hydrogens (tertiary/aromatic N) is 2. The molecule has 0 saturated carbocycles. The first kappa shape index (κ1) is 16.7. The summed E-state index contributed by atoms with van der Waals surface area (Å²) in [4.78, 5) is 16.8. The highest BCUT2D eigenvalue weighted by molar-refractivity contribution is 5.76. The fraction of sp³-hybridized carbons (Fsp3) is 0.938. The number of piperidine rings is 2. The molecule has 0 spiro atoms. The zero-order chi connectivity index (χ0) is 15.1. The van der Waals surface area contributed by atoms with Crippen molar-refractivity contribution in [3.63, 3.8) is 0 Å². The molecule has 1 amide bonds. The second-order valence-corrected chi connectivity index (χ2v) is 6.58. The first-order valence-electron chi connectivity index (χ1n) is 8.50. The maximum Gasteiger partial charge on any atom is 0.222 e. The van der Waals surface area contributed by atoms with E-state index < -0.39 is 0 Å². The predicted octanol–water partition coefficient (Wildman–Crippen LogP) is 0.681. The summed E-state index contributed by atoms with van der Waals surface area (Å²) in [5, 5.41) is 12.6. The molecule has 2 aliphatic rings. The van der Waals surface area contributed by atoms with Crippen LogP contribution in [0.4, 0.5) is 0 Å². The van der Waals surface area contributed by atoms with Gasteiger partial charge in [0.2, 0.25) is 5.91 Å². The monoisotopic (exact) mass is 297 g/mol. The van der Waals surface area contributed by atoms with Crippen molar-refractivity contribution in [1.82, 2.24) is 15.1 Å². The number of rotatable bonds is 6. The number of likely N-dealkylation sites (tertiary alicyclic amines) is 1. The molecule has 5 nitrogen and oxygen atoms in total. The molecule has 2 rings (SSSR count). The Hall–Kier alpha value is -0.650. The molecule has 2 N–H and O–H groups in total. The number of amides is 1. The zero-order valence-electron chi connectivity index (χ0n) is 13.4. The lowest BCUT2D eigenvalue weighted by atomic mass is 9.92. The average Bonchev–Trinajstić information content (AvgIpc) is 2.52. The van der Waals surface area contributed by atoms with Crippen molar-refractivity contribution in [2.75, 3.05) is 46.4 Å². The number of aliphatic hydroxyl groups is 1. The third-order valence-electron chi connectivity index (χ3n) is 5.02. The fourth-order valence-electron chi connectivity index (χ4n) is 3.57. The third kappa shape index (κ3) is 5.24. The van der Waals surface area contributed by atoms with Crippen LogP contribution in [0.5, 0.6) is 0 Å². The Bertz CT molecular complexity index is 311. The van der Waals surface area contributed by atoms with E-state index in [0.717, 1.165) is 45.4 Å². The van der Waals surface area contributed by atoms with Crippen molar-refractivity contribution in [2.45, 2.75) is 44.6 Å². The zero-order valence-corrected chi connectivity index (χ0v) is 13.4. The first-order valence-corrected chi connectivity index (χ1v) is 8.50. The Morgan fingerprint density at radius 3 is 2.52 bits per heavy atom. The van der Waals surface area contributed by atoms with Gasteiger partial charge in [-0.2, -0.15) is 0 Å². The molecule has 21 heavy (non-hydrogen) atoms. The minimum Gasteiger partial charge on any atom is -0.395 e. The van der Waals surface area contributed by atoms with Gasteiger partial charge in [0, 0.05) is 19.0 Å². The van der Waals surface area contributed by atoms with Crippen molar-refractivity contribution >= 4 is 5.91 Å². The summed E-state index contributed by atoms with van der Waals surface area (Å²) in [6.45, 7) is 4.86. The number of hydrogen-bond acceptors (Lipinski definition) is 4. The van der Waals surface area contributed by atoms with E-state index in [1.165, 1.54) is 12.8 Å². The number of nitrogens with one attached hydrogen (secondary N) is 1. The van der Waals surface area contributed by atoms with Gasteiger partial charge in [-0.1, -0.05) is 0 Å². The van der Waals surface area contributed by atoms with E-state index in [1.807, 2.05) is 4.90 Å². The van der Waals surface area contributed by atoms with Crippen molar-refractivity contribution in [3.8, 4) is 0 Å². The second kappa shape index (κ2) is 8.71. The Morgan fingerprint density at radius 1 is 1.24 bits per heavy atom. The van der Waals surface area contributed by atoms with E-state index in [0.29, 0.717) is 24.9 Å². The van der Waals surface area contributed by atoms with Gasteiger partial charge in [-0.05, 0) is 71.2 Å². The van der Waals surface area contributed by atoms with Crippen LogP contribution in [0, 0.1) is 5.92 Å². The number of carbonyl (C=O) groups is 1. The molecule has 0 aliphatic carbocycles. The fourth-order valence-corrected chi connectivity index (χ4v) is 3.57. The summed E-state index contributed by atoms with van der Waals surface area (Å²) in [5.74, 6) is 0.945. The molecule has 0 bridgehead atoms. The van der Waals surface area contributed by atoms with Crippen LogP contribution in [0.25, 0.3) is 0 Å². The first-order chi connectivity index (χ1) is 10.2. The van der Waals surface area contributed by atoms with Crippen molar-refractivity contribution in [3.05, 3.63) is 0 Å². The van der Waals surface area contributed by atoms with Gasteiger partial charge in [0.25, 0.3) is 0 Å². The molecule has 5 heteroatoms. The molecule has 0 radical (unpaired) electrons. The number of hydrogen-bond donors (Lipinski definition) is 2. The highest BCUT2D eigenvalue weighted by atomic mass is 16.3. The van der Waals surface area contributed by atoms with Gasteiger partial charge in [0.1, 0.15) is 0 Å². The minimum atomic E-state index is 0.0748.